The highest BCUT2D eigenvalue weighted by Crippen LogP contribution is 2.51. The van der Waals surface area contributed by atoms with Gasteiger partial charge in [-0.05, 0) is 101 Å². The second-order valence-corrected chi connectivity index (χ2v) is 18.8. The SMILES string of the molecule is C/C=C/c1ccc2n(c1=O)C[C@@H]1[C@@H](CO)[C@H](C(=O)N3CCCCC3)[C@H]2N1Cc1ccccn1.C/C=C\c1ccc2n(c1=O)C[C@@H]1[C@@H](CO)[C@H](C(=O)N3CCCCC3)[C@H]2N1Cc1ccccn1. The predicted molar refractivity (Wildman–Crippen MR) is 252 cm³/mol. The quantitative estimate of drug-likeness (QED) is 0.225. The summed E-state index contributed by atoms with van der Waals surface area (Å²) in [6, 6.07) is 18.7. The molecular formula is C52H64N8O6. The Morgan fingerprint density at radius 1 is 0.591 bits per heavy atom. The number of likely N-dealkylation sites (tertiary alicyclic amines) is 2. The van der Waals surface area contributed by atoms with Crippen molar-refractivity contribution in [3.63, 3.8) is 0 Å². The van der Waals surface area contributed by atoms with E-state index in [1.807, 2.05) is 118 Å². The summed E-state index contributed by atoms with van der Waals surface area (Å²) >= 11 is 0. The van der Waals surface area contributed by atoms with Crippen LogP contribution in [0.1, 0.15) is 98.4 Å². The Morgan fingerprint density at radius 2 is 1.00 bits per heavy atom. The zero-order valence-electron chi connectivity index (χ0n) is 38.3. The highest BCUT2D eigenvalue weighted by atomic mass is 16.3. The molecule has 14 nitrogen and oxygen atoms in total. The molecular weight excluding hydrogens is 833 g/mol. The van der Waals surface area contributed by atoms with E-state index < -0.39 is 0 Å². The van der Waals surface area contributed by atoms with Crippen LogP contribution in [0.5, 0.6) is 0 Å². The van der Waals surface area contributed by atoms with Crippen LogP contribution in [-0.4, -0.2) is 112 Å². The minimum atomic E-state index is -0.373. The molecule has 4 saturated heterocycles. The molecule has 0 aromatic carbocycles. The van der Waals surface area contributed by atoms with Crippen molar-refractivity contribution in [2.75, 3.05) is 39.4 Å². The molecule has 2 amide bonds. The van der Waals surface area contributed by atoms with Gasteiger partial charge >= 0.3 is 0 Å². The molecule has 4 fully saturated rings. The first kappa shape index (κ1) is 45.6. The molecule has 4 aromatic rings. The number of pyridine rings is 4. The van der Waals surface area contributed by atoms with E-state index in [0.29, 0.717) is 37.3 Å². The summed E-state index contributed by atoms with van der Waals surface area (Å²) in [5.74, 6) is -0.961. The topological polar surface area (TPSA) is 157 Å². The number of nitrogens with zero attached hydrogens (tertiary/aromatic N) is 8. The molecule has 0 unspecified atom stereocenters. The Hall–Kier alpha value is -5.54. The summed E-state index contributed by atoms with van der Waals surface area (Å²) in [5.41, 5.74) is 4.84. The molecule has 0 aliphatic carbocycles. The van der Waals surface area contributed by atoms with Gasteiger partial charge in [-0.1, -0.05) is 36.4 Å². The fraction of sp³-hybridized carbons (Fsp3) is 0.500. The lowest BCUT2D eigenvalue weighted by molar-refractivity contribution is -0.140. The van der Waals surface area contributed by atoms with Gasteiger partial charge in [0.05, 0.1) is 35.3 Å². The second-order valence-electron chi connectivity index (χ2n) is 18.8. The highest BCUT2D eigenvalue weighted by molar-refractivity contribution is 5.82. The van der Waals surface area contributed by atoms with Gasteiger partial charge in [0.15, 0.2) is 0 Å². The van der Waals surface area contributed by atoms with Crippen molar-refractivity contribution in [2.45, 2.75) is 103 Å². The third-order valence-electron chi connectivity index (χ3n) is 15.1. The van der Waals surface area contributed by atoms with Gasteiger partial charge in [0.25, 0.3) is 11.1 Å². The van der Waals surface area contributed by atoms with Crippen molar-refractivity contribution < 1.29 is 19.8 Å². The molecule has 6 aliphatic rings. The number of hydrogen-bond acceptors (Lipinski definition) is 10. The number of aliphatic hydroxyl groups excluding tert-OH is 2. The van der Waals surface area contributed by atoms with Crippen LogP contribution >= 0.6 is 0 Å². The average Bonchev–Trinajstić information content (AvgIpc) is 3.69. The molecule has 14 heteroatoms. The fourth-order valence-electron chi connectivity index (χ4n) is 12.1. The predicted octanol–water partition coefficient (Wildman–Crippen LogP) is 4.91. The van der Waals surface area contributed by atoms with Gasteiger partial charge in [-0.3, -0.25) is 38.9 Å². The van der Waals surface area contributed by atoms with Crippen LogP contribution in [0, 0.1) is 23.7 Å². The number of carbonyl (C=O) groups is 2. The zero-order chi connectivity index (χ0) is 45.9. The number of carbonyl (C=O) groups excluding carboxylic acids is 2. The van der Waals surface area contributed by atoms with Crippen molar-refractivity contribution in [3.8, 4) is 0 Å². The van der Waals surface area contributed by atoms with E-state index in [1.165, 1.54) is 0 Å². The average molecular weight is 897 g/mol. The molecule has 0 spiro atoms. The summed E-state index contributed by atoms with van der Waals surface area (Å²) < 4.78 is 3.68. The fourth-order valence-corrected chi connectivity index (χ4v) is 12.1. The Balaban J connectivity index is 0.000000166. The van der Waals surface area contributed by atoms with Crippen LogP contribution in [0.3, 0.4) is 0 Å². The van der Waals surface area contributed by atoms with Crippen LogP contribution in [-0.2, 0) is 35.8 Å². The van der Waals surface area contributed by atoms with Crippen molar-refractivity contribution in [1.82, 2.24) is 38.7 Å². The van der Waals surface area contributed by atoms with E-state index >= 15 is 0 Å². The molecule has 0 saturated carbocycles. The van der Waals surface area contributed by atoms with Crippen LogP contribution in [0.2, 0.25) is 0 Å². The number of amides is 2. The number of fused-ring (bicyclic) bond motifs is 8. The van der Waals surface area contributed by atoms with Crippen LogP contribution in [0.25, 0.3) is 12.2 Å². The summed E-state index contributed by atoms with van der Waals surface area (Å²) in [7, 11) is 0. The van der Waals surface area contributed by atoms with Crippen molar-refractivity contribution in [1.29, 1.82) is 0 Å². The molecule has 10 rings (SSSR count). The molecule has 10 heterocycles. The molecule has 0 radical (unpaired) electrons. The van der Waals surface area contributed by atoms with Crippen molar-refractivity contribution in [3.05, 3.63) is 140 Å². The maximum absolute atomic E-state index is 13.8. The van der Waals surface area contributed by atoms with Gasteiger partial charge in [0.1, 0.15) is 0 Å². The number of rotatable bonds is 10. The third kappa shape index (κ3) is 8.53. The monoisotopic (exact) mass is 896 g/mol. The number of hydrogen-bond donors (Lipinski definition) is 2. The number of aliphatic hydroxyl groups is 2. The second kappa shape index (κ2) is 20.1. The Kier molecular flexibility index (Phi) is 13.9. The lowest BCUT2D eigenvalue weighted by Gasteiger charge is -2.38. The molecule has 6 aliphatic heterocycles. The van der Waals surface area contributed by atoms with Gasteiger partial charge in [-0.2, -0.15) is 0 Å². The number of aromatic nitrogens is 4. The normalized spacial score (nSPS) is 27.2. The lowest BCUT2D eigenvalue weighted by Crippen LogP contribution is -2.46. The molecule has 2 N–H and O–H groups in total. The van der Waals surface area contributed by atoms with E-state index in [2.05, 4.69) is 19.8 Å². The largest absolute Gasteiger partial charge is 0.396 e. The maximum atomic E-state index is 13.8. The Bertz CT molecular complexity index is 2360. The molecule has 8 atom stereocenters. The first-order chi connectivity index (χ1) is 32.3. The summed E-state index contributed by atoms with van der Waals surface area (Å²) in [4.78, 5) is 71.9. The maximum Gasteiger partial charge on any atom is 0.258 e. The zero-order valence-corrected chi connectivity index (χ0v) is 38.3. The van der Waals surface area contributed by atoms with Crippen molar-refractivity contribution in [2.24, 2.45) is 23.7 Å². The van der Waals surface area contributed by atoms with Gasteiger partial charge in [-0.25, -0.2) is 0 Å². The highest BCUT2D eigenvalue weighted by Gasteiger charge is 2.58. The summed E-state index contributed by atoms with van der Waals surface area (Å²) in [6.45, 7) is 8.86. The lowest BCUT2D eigenvalue weighted by atomic mass is 9.85. The first-order valence-electron chi connectivity index (χ1n) is 24.1. The molecule has 348 valence electrons. The molecule has 4 aromatic heterocycles. The van der Waals surface area contributed by atoms with E-state index in [-0.39, 0.29) is 84.0 Å². The van der Waals surface area contributed by atoms with E-state index in [9.17, 15) is 29.4 Å². The van der Waals surface area contributed by atoms with Crippen LogP contribution < -0.4 is 11.1 Å². The van der Waals surface area contributed by atoms with Gasteiger partial charge in [0, 0.05) is 124 Å². The van der Waals surface area contributed by atoms with Gasteiger partial charge in [0.2, 0.25) is 11.8 Å². The Morgan fingerprint density at radius 3 is 1.35 bits per heavy atom. The third-order valence-corrected chi connectivity index (χ3v) is 15.1. The van der Waals surface area contributed by atoms with E-state index in [1.54, 1.807) is 12.4 Å². The number of piperidine rings is 2. The molecule has 4 bridgehead atoms. The minimum absolute atomic E-state index is 0.0270. The van der Waals surface area contributed by atoms with Gasteiger partial charge in [-0.15, -0.1) is 0 Å². The summed E-state index contributed by atoms with van der Waals surface area (Å²) in [6.07, 6.45) is 17.4. The van der Waals surface area contributed by atoms with E-state index in [0.717, 1.165) is 87.5 Å². The Labute approximate surface area is 386 Å². The van der Waals surface area contributed by atoms with E-state index in [4.69, 9.17) is 0 Å². The van der Waals surface area contributed by atoms with Gasteiger partial charge < -0.3 is 29.1 Å². The molecule has 66 heavy (non-hydrogen) atoms. The van der Waals surface area contributed by atoms with Crippen LogP contribution in [0.4, 0.5) is 0 Å². The smallest absolute Gasteiger partial charge is 0.258 e. The summed E-state index contributed by atoms with van der Waals surface area (Å²) in [5, 5.41) is 21.0. The first-order valence-corrected chi connectivity index (χ1v) is 24.1. The standard InChI is InChI=1S/2C26H32N4O3/c2*1-2-8-18-10-11-21-24-23(26(33)28-13-6-3-7-14-28)20(17-31)22(16-30(21)25(18)32)29(24)15-19-9-4-5-12-27-19/h2*2,4-5,8-12,20,22-24,31H,3,6-7,13-17H2,1H3/b8-2+;8-2-/t2*20-,22-,23+,24+/m11/s1. The minimum Gasteiger partial charge on any atom is -0.396 e. The number of allylic oxidation sites excluding steroid dienone is 2. The van der Waals surface area contributed by atoms with Crippen LogP contribution in [0.15, 0.2) is 94.8 Å². The van der Waals surface area contributed by atoms with Crippen molar-refractivity contribution >= 4 is 24.0 Å².